The third-order valence-electron chi connectivity index (χ3n) is 3.28. The van der Waals surface area contributed by atoms with Gasteiger partial charge in [-0.05, 0) is 33.0 Å². The largest absolute Gasteiger partial charge is 0.490 e. The number of ether oxygens (including phenoxy) is 1. The van der Waals surface area contributed by atoms with Gasteiger partial charge < -0.3 is 15.4 Å². The van der Waals surface area contributed by atoms with Crippen LogP contribution in [0.2, 0.25) is 0 Å². The Bertz CT molecular complexity index is 616. The molecule has 2 N–H and O–H groups in total. The van der Waals surface area contributed by atoms with Gasteiger partial charge in [-0.3, -0.25) is 4.79 Å². The van der Waals surface area contributed by atoms with Crippen LogP contribution in [0.4, 0.5) is 0 Å². The molecule has 0 aliphatic heterocycles. The monoisotopic (exact) mass is 338 g/mol. The van der Waals surface area contributed by atoms with Crippen LogP contribution in [0.1, 0.15) is 24.3 Å². The Balaban J connectivity index is 0.00000264. The fourth-order valence-electron chi connectivity index (χ4n) is 1.92. The van der Waals surface area contributed by atoms with Crippen LogP contribution in [0.15, 0.2) is 36.5 Å². The zero-order chi connectivity index (χ0) is 15.9. The minimum absolute atomic E-state index is 0. The summed E-state index contributed by atoms with van der Waals surface area (Å²) in [6.07, 6.45) is 1.73. The predicted molar refractivity (Wildman–Crippen MR) is 92.8 cm³/mol. The second-order valence-electron chi connectivity index (χ2n) is 4.95. The summed E-state index contributed by atoms with van der Waals surface area (Å²) < 4.78 is 7.19. The van der Waals surface area contributed by atoms with Gasteiger partial charge in [-0.1, -0.05) is 18.2 Å². The first-order chi connectivity index (χ1) is 10.7. The molecule has 23 heavy (non-hydrogen) atoms. The van der Waals surface area contributed by atoms with Crippen LogP contribution < -0.4 is 15.4 Å². The number of likely N-dealkylation sites (N-methyl/N-ethyl adjacent to an activating group) is 1. The van der Waals surface area contributed by atoms with Gasteiger partial charge in [0, 0.05) is 12.6 Å². The third-order valence-corrected chi connectivity index (χ3v) is 3.28. The Morgan fingerprint density at radius 2 is 2.04 bits per heavy atom. The van der Waals surface area contributed by atoms with Gasteiger partial charge in [0.05, 0.1) is 18.5 Å². The molecule has 2 rings (SSSR count). The molecule has 0 radical (unpaired) electrons. The van der Waals surface area contributed by atoms with Crippen molar-refractivity contribution in [2.45, 2.75) is 19.9 Å². The van der Waals surface area contributed by atoms with Gasteiger partial charge in [-0.25, -0.2) is 4.68 Å². The topological polar surface area (TPSA) is 68.2 Å². The number of para-hydroxylation sites is 1. The fourth-order valence-corrected chi connectivity index (χ4v) is 1.92. The minimum Gasteiger partial charge on any atom is -0.490 e. The van der Waals surface area contributed by atoms with E-state index in [0.717, 1.165) is 5.69 Å². The minimum atomic E-state index is -0.236. The number of amides is 1. The molecule has 1 aromatic heterocycles. The van der Waals surface area contributed by atoms with Gasteiger partial charge >= 0.3 is 0 Å². The Labute approximate surface area is 142 Å². The maximum absolute atomic E-state index is 12.3. The molecule has 1 unspecified atom stereocenters. The van der Waals surface area contributed by atoms with Crippen LogP contribution in [-0.2, 0) is 0 Å². The zero-order valence-electron chi connectivity index (χ0n) is 13.6. The first kappa shape index (κ1) is 19.0. The molecule has 1 amide bonds. The number of carbonyl (C=O) groups excluding carboxylic acids is 1. The molecule has 0 aliphatic carbocycles. The standard InChI is InChI=1S/C16H22N4O2.ClH/c1-4-22-14-11-20(13-8-6-5-7-9-13)19-15(14)16(21)18-10-12(2)17-3;/h5-9,11-12,17H,4,10H2,1-3H3,(H,18,21);1H. The van der Waals surface area contributed by atoms with E-state index in [9.17, 15) is 4.79 Å². The van der Waals surface area contributed by atoms with Crippen molar-refractivity contribution in [1.29, 1.82) is 0 Å². The van der Waals surface area contributed by atoms with E-state index in [4.69, 9.17) is 4.74 Å². The van der Waals surface area contributed by atoms with E-state index in [1.54, 1.807) is 10.9 Å². The van der Waals surface area contributed by atoms with E-state index in [-0.39, 0.29) is 24.4 Å². The van der Waals surface area contributed by atoms with Gasteiger partial charge in [0.25, 0.3) is 5.91 Å². The molecular formula is C16H23ClN4O2. The highest BCUT2D eigenvalue weighted by Crippen LogP contribution is 2.19. The highest BCUT2D eigenvalue weighted by molar-refractivity contribution is 5.95. The first-order valence-electron chi connectivity index (χ1n) is 7.39. The van der Waals surface area contributed by atoms with Crippen LogP contribution in [-0.4, -0.2) is 41.9 Å². The van der Waals surface area contributed by atoms with Crippen molar-refractivity contribution in [3.05, 3.63) is 42.2 Å². The summed E-state index contributed by atoms with van der Waals surface area (Å²) in [4.78, 5) is 12.3. The van der Waals surface area contributed by atoms with Crippen LogP contribution >= 0.6 is 12.4 Å². The molecule has 0 saturated heterocycles. The van der Waals surface area contributed by atoms with E-state index in [0.29, 0.717) is 24.6 Å². The molecule has 0 spiro atoms. The lowest BCUT2D eigenvalue weighted by atomic mass is 10.3. The lowest BCUT2D eigenvalue weighted by molar-refractivity contribution is 0.0941. The van der Waals surface area contributed by atoms with Gasteiger partial charge in [-0.15, -0.1) is 12.4 Å². The zero-order valence-corrected chi connectivity index (χ0v) is 14.4. The molecule has 7 heteroatoms. The quantitative estimate of drug-likeness (QED) is 0.810. The van der Waals surface area contributed by atoms with Crippen LogP contribution in [0, 0.1) is 0 Å². The van der Waals surface area contributed by atoms with Crippen molar-refractivity contribution in [3.63, 3.8) is 0 Å². The lowest BCUT2D eigenvalue weighted by Crippen LogP contribution is -2.37. The number of carbonyl (C=O) groups is 1. The van der Waals surface area contributed by atoms with Crippen LogP contribution in [0.3, 0.4) is 0 Å². The summed E-state index contributed by atoms with van der Waals surface area (Å²) in [7, 11) is 1.85. The third kappa shape index (κ3) is 4.97. The lowest BCUT2D eigenvalue weighted by Gasteiger charge is -2.10. The molecule has 2 aromatic rings. The normalized spacial score (nSPS) is 11.4. The van der Waals surface area contributed by atoms with Gasteiger partial charge in [0.15, 0.2) is 11.4 Å². The summed E-state index contributed by atoms with van der Waals surface area (Å²) in [6, 6.07) is 9.82. The number of hydrogen-bond acceptors (Lipinski definition) is 4. The van der Waals surface area contributed by atoms with Crippen molar-refractivity contribution in [2.75, 3.05) is 20.2 Å². The summed E-state index contributed by atoms with van der Waals surface area (Å²) in [5, 5.41) is 10.3. The van der Waals surface area contributed by atoms with E-state index in [1.165, 1.54) is 0 Å². The molecule has 6 nitrogen and oxygen atoms in total. The molecule has 1 atom stereocenters. The average molecular weight is 339 g/mol. The van der Waals surface area contributed by atoms with Gasteiger partial charge in [0.2, 0.25) is 0 Å². The predicted octanol–water partition coefficient (Wildman–Crippen LogP) is 2.03. The molecule has 1 heterocycles. The molecule has 126 valence electrons. The van der Waals surface area contributed by atoms with E-state index in [2.05, 4.69) is 15.7 Å². The second-order valence-corrected chi connectivity index (χ2v) is 4.95. The highest BCUT2D eigenvalue weighted by atomic mass is 35.5. The van der Waals surface area contributed by atoms with Crippen LogP contribution in [0.25, 0.3) is 5.69 Å². The molecule has 1 aromatic carbocycles. The van der Waals surface area contributed by atoms with E-state index < -0.39 is 0 Å². The van der Waals surface area contributed by atoms with Crippen molar-refractivity contribution < 1.29 is 9.53 Å². The molecular weight excluding hydrogens is 316 g/mol. The maximum atomic E-state index is 12.3. The molecule has 0 bridgehead atoms. The number of benzene rings is 1. The van der Waals surface area contributed by atoms with Crippen molar-refractivity contribution in [1.82, 2.24) is 20.4 Å². The summed E-state index contributed by atoms with van der Waals surface area (Å²) in [5.41, 5.74) is 1.18. The SMILES string of the molecule is CCOc1cn(-c2ccccc2)nc1C(=O)NCC(C)NC.Cl. The molecule has 0 saturated carbocycles. The van der Waals surface area contributed by atoms with Crippen LogP contribution in [0.5, 0.6) is 5.75 Å². The van der Waals surface area contributed by atoms with E-state index in [1.807, 2.05) is 51.2 Å². The summed E-state index contributed by atoms with van der Waals surface area (Å²) >= 11 is 0. The van der Waals surface area contributed by atoms with Gasteiger partial charge in [0.1, 0.15) is 0 Å². The van der Waals surface area contributed by atoms with Crippen molar-refractivity contribution in [3.8, 4) is 11.4 Å². The van der Waals surface area contributed by atoms with Crippen molar-refractivity contribution in [2.24, 2.45) is 0 Å². The average Bonchev–Trinajstić information content (AvgIpc) is 2.97. The number of halogens is 1. The van der Waals surface area contributed by atoms with Crippen molar-refractivity contribution >= 4 is 18.3 Å². The fraction of sp³-hybridized carbons (Fsp3) is 0.375. The molecule has 0 aliphatic rings. The molecule has 0 fully saturated rings. The number of aromatic nitrogens is 2. The Morgan fingerprint density at radius 3 is 2.65 bits per heavy atom. The number of rotatable bonds is 7. The summed E-state index contributed by atoms with van der Waals surface area (Å²) in [6.45, 7) is 4.88. The number of nitrogens with one attached hydrogen (secondary N) is 2. The second kappa shape index (κ2) is 9.17. The Morgan fingerprint density at radius 1 is 1.35 bits per heavy atom. The first-order valence-corrected chi connectivity index (χ1v) is 7.39. The number of nitrogens with zero attached hydrogens (tertiary/aromatic N) is 2. The number of hydrogen-bond donors (Lipinski definition) is 2. The highest BCUT2D eigenvalue weighted by Gasteiger charge is 2.19. The Hall–Kier alpha value is -2.05. The van der Waals surface area contributed by atoms with E-state index >= 15 is 0 Å². The smallest absolute Gasteiger partial charge is 0.275 e. The Kier molecular flexibility index (Phi) is 7.57. The maximum Gasteiger partial charge on any atom is 0.275 e. The van der Waals surface area contributed by atoms with Gasteiger partial charge in [-0.2, -0.15) is 5.10 Å². The summed E-state index contributed by atoms with van der Waals surface area (Å²) in [5.74, 6) is 0.251.